The number of halogens is 1. The Morgan fingerprint density at radius 1 is 1.33 bits per heavy atom. The Bertz CT molecular complexity index is 504. The summed E-state index contributed by atoms with van der Waals surface area (Å²) in [5, 5.41) is 2.85. The number of amides is 1. The third-order valence-electron chi connectivity index (χ3n) is 2.91. The van der Waals surface area contributed by atoms with E-state index in [4.69, 9.17) is 9.47 Å². The Morgan fingerprint density at radius 3 is 2.62 bits per heavy atom. The lowest BCUT2D eigenvalue weighted by Crippen LogP contribution is -2.27. The van der Waals surface area contributed by atoms with Crippen LogP contribution >= 0.6 is 15.9 Å². The molecular formula is C15H20BrNO4. The van der Waals surface area contributed by atoms with Crippen molar-refractivity contribution in [1.82, 2.24) is 5.32 Å². The molecule has 1 aromatic rings. The SMILES string of the molecule is CCOC(=O)CCC(=O)NC(C)c1ccc(OC)c(Br)c1. The molecule has 0 heterocycles. The minimum Gasteiger partial charge on any atom is -0.496 e. The number of rotatable bonds is 7. The quantitative estimate of drug-likeness (QED) is 0.761. The van der Waals surface area contributed by atoms with Crippen LogP contribution in [0.25, 0.3) is 0 Å². The first-order chi connectivity index (χ1) is 9.97. The molecule has 1 aromatic carbocycles. The maximum Gasteiger partial charge on any atom is 0.306 e. The molecule has 0 radical (unpaired) electrons. The van der Waals surface area contributed by atoms with Gasteiger partial charge in [-0.25, -0.2) is 0 Å². The fourth-order valence-electron chi connectivity index (χ4n) is 1.80. The summed E-state index contributed by atoms with van der Waals surface area (Å²) < 4.78 is 10.8. The smallest absolute Gasteiger partial charge is 0.306 e. The van der Waals surface area contributed by atoms with Crippen molar-refractivity contribution in [2.45, 2.75) is 32.7 Å². The number of ether oxygens (including phenoxy) is 2. The van der Waals surface area contributed by atoms with Gasteiger partial charge < -0.3 is 14.8 Å². The molecule has 0 fully saturated rings. The molecule has 21 heavy (non-hydrogen) atoms. The van der Waals surface area contributed by atoms with Gasteiger partial charge in [-0.2, -0.15) is 0 Å². The van der Waals surface area contributed by atoms with Crippen LogP contribution in [0.4, 0.5) is 0 Å². The van der Waals surface area contributed by atoms with Crippen molar-refractivity contribution in [3.05, 3.63) is 28.2 Å². The Labute approximate surface area is 133 Å². The molecule has 0 aromatic heterocycles. The highest BCUT2D eigenvalue weighted by atomic mass is 79.9. The van der Waals surface area contributed by atoms with Crippen molar-refractivity contribution in [2.24, 2.45) is 0 Å². The predicted octanol–water partition coefficient (Wildman–Crippen LogP) is 2.98. The Hall–Kier alpha value is -1.56. The van der Waals surface area contributed by atoms with Crippen LogP contribution in [0, 0.1) is 0 Å². The molecule has 1 atom stereocenters. The molecule has 1 unspecified atom stereocenters. The number of hydrogen-bond donors (Lipinski definition) is 1. The molecule has 1 rings (SSSR count). The summed E-state index contributed by atoms with van der Waals surface area (Å²) in [6, 6.07) is 5.47. The molecule has 6 heteroatoms. The standard InChI is InChI=1S/C15H20BrNO4/c1-4-21-15(19)8-7-14(18)17-10(2)11-5-6-13(20-3)12(16)9-11/h5-6,9-10H,4,7-8H2,1-3H3,(H,17,18). The number of nitrogens with one attached hydrogen (secondary N) is 1. The maximum atomic E-state index is 11.8. The van der Waals surface area contributed by atoms with E-state index < -0.39 is 0 Å². The van der Waals surface area contributed by atoms with Crippen LogP contribution in [-0.2, 0) is 14.3 Å². The molecule has 0 saturated heterocycles. The zero-order chi connectivity index (χ0) is 15.8. The predicted molar refractivity (Wildman–Crippen MR) is 83.1 cm³/mol. The highest BCUT2D eigenvalue weighted by Gasteiger charge is 2.13. The summed E-state index contributed by atoms with van der Waals surface area (Å²) in [5.41, 5.74) is 0.951. The van der Waals surface area contributed by atoms with Crippen molar-refractivity contribution < 1.29 is 19.1 Å². The topological polar surface area (TPSA) is 64.6 Å². The van der Waals surface area contributed by atoms with Crippen molar-refractivity contribution in [3.8, 4) is 5.75 Å². The number of methoxy groups -OCH3 is 1. The summed E-state index contributed by atoms with van der Waals surface area (Å²) in [6.45, 7) is 3.95. The van der Waals surface area contributed by atoms with Gasteiger partial charge in [0.1, 0.15) is 5.75 Å². The molecule has 0 spiro atoms. The van der Waals surface area contributed by atoms with E-state index in [0.29, 0.717) is 6.61 Å². The highest BCUT2D eigenvalue weighted by molar-refractivity contribution is 9.10. The average Bonchev–Trinajstić information content (AvgIpc) is 2.45. The van der Waals surface area contributed by atoms with Gasteiger partial charge in [-0.15, -0.1) is 0 Å². The van der Waals surface area contributed by atoms with Gasteiger partial charge in [0, 0.05) is 6.42 Å². The largest absolute Gasteiger partial charge is 0.496 e. The van der Waals surface area contributed by atoms with Gasteiger partial charge in [-0.3, -0.25) is 9.59 Å². The molecule has 0 saturated carbocycles. The van der Waals surface area contributed by atoms with E-state index in [1.165, 1.54) is 0 Å². The molecule has 0 aliphatic carbocycles. The summed E-state index contributed by atoms with van der Waals surface area (Å²) in [7, 11) is 1.60. The van der Waals surface area contributed by atoms with Gasteiger partial charge in [0.2, 0.25) is 5.91 Å². The summed E-state index contributed by atoms with van der Waals surface area (Å²) in [4.78, 5) is 23.0. The molecule has 0 aliphatic heterocycles. The maximum absolute atomic E-state index is 11.8. The van der Waals surface area contributed by atoms with Crippen LogP contribution in [0.1, 0.15) is 38.3 Å². The van der Waals surface area contributed by atoms with Crippen LogP contribution in [0.5, 0.6) is 5.75 Å². The second-order valence-corrected chi connectivity index (χ2v) is 5.34. The second kappa shape index (κ2) is 8.67. The van der Waals surface area contributed by atoms with Crippen LogP contribution in [-0.4, -0.2) is 25.6 Å². The lowest BCUT2D eigenvalue weighted by Gasteiger charge is -2.15. The molecule has 5 nitrogen and oxygen atoms in total. The van der Waals surface area contributed by atoms with Crippen molar-refractivity contribution >= 4 is 27.8 Å². The summed E-state index contributed by atoms with van der Waals surface area (Å²) in [6.07, 6.45) is 0.221. The van der Waals surface area contributed by atoms with Gasteiger partial charge >= 0.3 is 5.97 Å². The van der Waals surface area contributed by atoms with E-state index in [1.807, 2.05) is 25.1 Å². The zero-order valence-corrected chi connectivity index (χ0v) is 14.0. The third-order valence-corrected chi connectivity index (χ3v) is 3.53. The fourth-order valence-corrected chi connectivity index (χ4v) is 2.36. The summed E-state index contributed by atoms with van der Waals surface area (Å²) >= 11 is 3.41. The number of carbonyl (C=O) groups excluding carboxylic acids is 2. The second-order valence-electron chi connectivity index (χ2n) is 4.49. The average molecular weight is 358 g/mol. The van der Waals surface area contributed by atoms with E-state index in [9.17, 15) is 9.59 Å². The molecular weight excluding hydrogens is 338 g/mol. The summed E-state index contributed by atoms with van der Waals surface area (Å²) in [5.74, 6) is 0.203. The normalized spacial score (nSPS) is 11.6. The molecule has 116 valence electrons. The monoisotopic (exact) mass is 357 g/mol. The number of benzene rings is 1. The van der Waals surface area contributed by atoms with E-state index >= 15 is 0 Å². The first-order valence-corrected chi connectivity index (χ1v) is 7.55. The first kappa shape index (κ1) is 17.5. The third kappa shape index (κ3) is 5.75. The van der Waals surface area contributed by atoms with E-state index in [0.717, 1.165) is 15.8 Å². The van der Waals surface area contributed by atoms with Gasteiger partial charge in [0.05, 0.1) is 30.7 Å². The van der Waals surface area contributed by atoms with Crippen LogP contribution in [0.3, 0.4) is 0 Å². The van der Waals surface area contributed by atoms with Crippen LogP contribution < -0.4 is 10.1 Å². The number of hydrogen-bond acceptors (Lipinski definition) is 4. The van der Waals surface area contributed by atoms with Crippen LogP contribution in [0.2, 0.25) is 0 Å². The Kier molecular flexibility index (Phi) is 7.22. The lowest BCUT2D eigenvalue weighted by molar-refractivity contribution is -0.144. The number of esters is 1. The van der Waals surface area contributed by atoms with E-state index in [2.05, 4.69) is 21.2 Å². The van der Waals surface area contributed by atoms with Crippen LogP contribution in [0.15, 0.2) is 22.7 Å². The number of carbonyl (C=O) groups is 2. The van der Waals surface area contributed by atoms with E-state index in [1.54, 1.807) is 14.0 Å². The van der Waals surface area contributed by atoms with Crippen molar-refractivity contribution in [1.29, 1.82) is 0 Å². The zero-order valence-electron chi connectivity index (χ0n) is 12.4. The molecule has 0 bridgehead atoms. The highest BCUT2D eigenvalue weighted by Crippen LogP contribution is 2.27. The lowest BCUT2D eigenvalue weighted by atomic mass is 10.1. The first-order valence-electron chi connectivity index (χ1n) is 6.76. The van der Waals surface area contributed by atoms with Gasteiger partial charge in [0.15, 0.2) is 0 Å². The van der Waals surface area contributed by atoms with Gasteiger partial charge in [0.25, 0.3) is 0 Å². The Morgan fingerprint density at radius 2 is 2.05 bits per heavy atom. The molecule has 1 amide bonds. The molecule has 1 N–H and O–H groups in total. The van der Waals surface area contributed by atoms with E-state index in [-0.39, 0.29) is 30.8 Å². The van der Waals surface area contributed by atoms with Crippen molar-refractivity contribution in [2.75, 3.05) is 13.7 Å². The minimum absolute atomic E-state index is 0.0959. The van der Waals surface area contributed by atoms with Gasteiger partial charge in [-0.05, 0) is 47.5 Å². The fraction of sp³-hybridized carbons (Fsp3) is 0.467. The van der Waals surface area contributed by atoms with Gasteiger partial charge in [-0.1, -0.05) is 6.07 Å². The Balaban J connectivity index is 2.52. The molecule has 0 aliphatic rings. The van der Waals surface area contributed by atoms with Crippen molar-refractivity contribution in [3.63, 3.8) is 0 Å². The minimum atomic E-state index is -0.354.